The molecule has 1 saturated heterocycles. The minimum Gasteiger partial charge on any atom is -0.483 e. The van der Waals surface area contributed by atoms with Gasteiger partial charge in [0.25, 0.3) is 0 Å². The molecule has 6 rings (SSSR count). The van der Waals surface area contributed by atoms with Gasteiger partial charge >= 0.3 is 16.4 Å². The molecule has 5 aromatic rings. The summed E-state index contributed by atoms with van der Waals surface area (Å²) in [6.07, 6.45) is -3.29. The fourth-order valence-corrected chi connectivity index (χ4v) is 6.33. The van der Waals surface area contributed by atoms with Crippen LogP contribution in [0.15, 0.2) is 64.3 Å². The molecule has 1 fully saturated rings. The quantitative estimate of drug-likeness (QED) is 0.192. The van der Waals surface area contributed by atoms with Gasteiger partial charge in [0.1, 0.15) is 11.4 Å². The number of nitriles is 1. The molecule has 43 heavy (non-hydrogen) atoms. The molecular formula is C30H24F4N4O4S. The predicted molar refractivity (Wildman–Crippen MR) is 153 cm³/mol. The van der Waals surface area contributed by atoms with Gasteiger partial charge in [0.05, 0.1) is 32.8 Å². The Hall–Kier alpha value is -4.41. The van der Waals surface area contributed by atoms with Crippen LogP contribution >= 0.6 is 0 Å². The smallest absolute Gasteiger partial charge is 0.422 e. The number of aromatic amines is 1. The summed E-state index contributed by atoms with van der Waals surface area (Å²) < 4.78 is 84.2. The largest absolute Gasteiger partial charge is 0.483 e. The number of rotatable bonds is 5. The number of H-pyrrole nitrogens is 1. The van der Waals surface area contributed by atoms with Crippen LogP contribution in [-0.2, 0) is 10.2 Å². The zero-order valence-corrected chi connectivity index (χ0v) is 23.5. The maximum Gasteiger partial charge on any atom is 0.422 e. The number of piperidine rings is 1. The zero-order valence-electron chi connectivity index (χ0n) is 22.7. The Labute approximate surface area is 242 Å². The lowest BCUT2D eigenvalue weighted by Gasteiger charge is -2.32. The number of ether oxygens (including phenoxy) is 1. The number of aromatic nitrogens is 2. The summed E-state index contributed by atoms with van der Waals surface area (Å²) in [5.74, 6) is -0.309. The monoisotopic (exact) mass is 612 g/mol. The van der Waals surface area contributed by atoms with Crippen LogP contribution in [0.25, 0.3) is 44.0 Å². The first kappa shape index (κ1) is 28.7. The third kappa shape index (κ3) is 5.32. The van der Waals surface area contributed by atoms with E-state index in [2.05, 4.69) is 16.0 Å². The van der Waals surface area contributed by atoms with E-state index >= 15 is 0 Å². The van der Waals surface area contributed by atoms with E-state index in [1.165, 1.54) is 24.3 Å². The first-order valence-electron chi connectivity index (χ1n) is 13.3. The third-order valence-corrected chi connectivity index (χ3v) is 8.67. The molecule has 13 heteroatoms. The topological polar surface area (TPSA) is 108 Å². The average Bonchev–Trinajstić information content (AvgIpc) is 3.34. The Bertz CT molecular complexity index is 2120. The van der Waals surface area contributed by atoms with Crippen molar-refractivity contribution in [2.24, 2.45) is 0 Å². The highest BCUT2D eigenvalue weighted by atomic mass is 32.3. The molecule has 0 radical (unpaired) electrons. The normalized spacial score (nSPS) is 15.3. The van der Waals surface area contributed by atoms with Crippen molar-refractivity contribution < 1.29 is 30.2 Å². The molecule has 0 atom stereocenters. The number of hydrogen-bond acceptors (Lipinski definition) is 6. The SMILES string of the molecule is CN1CCC(n2c3cc(-c4cccc(S(=O)(=O)F)c4)c(OCC(F)(F)F)cc3c(=O)c3c4ccc(C#N)cc4[nH]c32)CC1. The first-order valence-corrected chi connectivity index (χ1v) is 14.7. The molecule has 2 aromatic heterocycles. The Morgan fingerprint density at radius 1 is 1.07 bits per heavy atom. The zero-order chi connectivity index (χ0) is 30.7. The van der Waals surface area contributed by atoms with Crippen molar-refractivity contribution in [2.75, 3.05) is 26.7 Å². The number of pyridine rings is 1. The molecule has 1 aliphatic rings. The molecule has 0 unspecified atom stereocenters. The Morgan fingerprint density at radius 2 is 1.81 bits per heavy atom. The van der Waals surface area contributed by atoms with Crippen molar-refractivity contribution in [1.82, 2.24) is 14.5 Å². The van der Waals surface area contributed by atoms with E-state index in [4.69, 9.17) is 4.74 Å². The average molecular weight is 613 g/mol. The highest BCUT2D eigenvalue weighted by Gasteiger charge is 2.30. The summed E-state index contributed by atoms with van der Waals surface area (Å²) >= 11 is 0. The maximum absolute atomic E-state index is 14.1. The molecule has 0 saturated carbocycles. The number of nitrogens with zero attached hydrogens (tertiary/aromatic N) is 3. The van der Waals surface area contributed by atoms with E-state index in [0.29, 0.717) is 45.9 Å². The predicted octanol–water partition coefficient (Wildman–Crippen LogP) is 6.04. The van der Waals surface area contributed by atoms with Crippen LogP contribution < -0.4 is 10.2 Å². The maximum atomic E-state index is 14.1. The number of alkyl halides is 3. The lowest BCUT2D eigenvalue weighted by Crippen LogP contribution is -2.32. The van der Waals surface area contributed by atoms with Crippen LogP contribution in [0.3, 0.4) is 0 Å². The van der Waals surface area contributed by atoms with E-state index < -0.39 is 33.3 Å². The van der Waals surface area contributed by atoms with Gasteiger partial charge in [-0.05, 0) is 74.9 Å². The summed E-state index contributed by atoms with van der Waals surface area (Å²) in [4.78, 5) is 18.9. The van der Waals surface area contributed by atoms with Gasteiger partial charge in [-0.1, -0.05) is 18.2 Å². The van der Waals surface area contributed by atoms with Crippen molar-refractivity contribution in [3.8, 4) is 22.9 Å². The van der Waals surface area contributed by atoms with Crippen LogP contribution in [0.4, 0.5) is 17.1 Å². The van der Waals surface area contributed by atoms with Gasteiger partial charge in [-0.3, -0.25) is 4.79 Å². The fourth-order valence-electron chi connectivity index (χ4n) is 5.82. The molecular weight excluding hydrogens is 588 g/mol. The molecule has 1 N–H and O–H groups in total. The second-order valence-electron chi connectivity index (χ2n) is 10.7. The van der Waals surface area contributed by atoms with Gasteiger partial charge in [0.15, 0.2) is 12.0 Å². The summed E-state index contributed by atoms with van der Waals surface area (Å²) in [5.41, 5.74) is 1.52. The van der Waals surface area contributed by atoms with Crippen molar-refractivity contribution in [3.05, 3.63) is 70.4 Å². The highest BCUT2D eigenvalue weighted by molar-refractivity contribution is 7.86. The van der Waals surface area contributed by atoms with Crippen molar-refractivity contribution >= 4 is 43.1 Å². The molecule has 0 bridgehead atoms. The van der Waals surface area contributed by atoms with E-state index in [0.717, 1.165) is 25.2 Å². The molecule has 8 nitrogen and oxygen atoms in total. The molecule has 0 amide bonds. The summed E-state index contributed by atoms with van der Waals surface area (Å²) in [5, 5.41) is 10.4. The summed E-state index contributed by atoms with van der Waals surface area (Å²) in [6.45, 7) is -0.148. The molecule has 3 aromatic carbocycles. The number of hydrogen-bond donors (Lipinski definition) is 1. The van der Waals surface area contributed by atoms with Gasteiger partial charge in [-0.25, -0.2) is 0 Å². The standard InChI is InChI=1S/C30H24F4N4O4S/c1-37-9-7-19(8-10-37)38-25-13-22(18-3-2-4-20(12-18)43(34,40)41)26(42-16-30(31,32)33)14-23(25)28(39)27-21-6-5-17(15-35)11-24(21)36-29(27)38/h2-6,11-14,19,36H,7-10,16H2,1H3. The third-order valence-electron chi connectivity index (χ3n) is 7.85. The van der Waals surface area contributed by atoms with Gasteiger partial charge in [0, 0.05) is 22.5 Å². The number of likely N-dealkylation sites (tertiary alicyclic amines) is 1. The number of fused-ring (bicyclic) bond motifs is 4. The summed E-state index contributed by atoms with van der Waals surface area (Å²) in [6, 6.07) is 14.3. The minimum absolute atomic E-state index is 0.0607. The van der Waals surface area contributed by atoms with Crippen LogP contribution in [0, 0.1) is 11.3 Å². The Kier molecular flexibility index (Phi) is 6.94. The highest BCUT2D eigenvalue weighted by Crippen LogP contribution is 2.39. The molecule has 0 spiro atoms. The van der Waals surface area contributed by atoms with Gasteiger partial charge in [-0.2, -0.15) is 26.9 Å². The van der Waals surface area contributed by atoms with Crippen molar-refractivity contribution in [2.45, 2.75) is 30.0 Å². The van der Waals surface area contributed by atoms with Gasteiger partial charge in [-0.15, -0.1) is 3.89 Å². The molecule has 3 heterocycles. The fraction of sp³-hybridized carbons (Fsp3) is 0.267. The first-order chi connectivity index (χ1) is 20.3. The van der Waals surface area contributed by atoms with Crippen LogP contribution in [0.2, 0.25) is 0 Å². The number of halogens is 4. The lowest BCUT2D eigenvalue weighted by atomic mass is 9.98. The minimum atomic E-state index is -5.12. The second kappa shape index (κ2) is 10.4. The van der Waals surface area contributed by atoms with Gasteiger partial charge in [0.2, 0.25) is 0 Å². The van der Waals surface area contributed by atoms with Crippen LogP contribution in [-0.4, -0.2) is 55.8 Å². The molecule has 0 aliphatic carbocycles. The van der Waals surface area contributed by atoms with E-state index in [1.54, 1.807) is 18.2 Å². The number of nitrogens with one attached hydrogen (secondary N) is 1. The van der Waals surface area contributed by atoms with E-state index in [-0.39, 0.29) is 28.3 Å². The Balaban J connectivity index is 1.72. The number of benzene rings is 3. The van der Waals surface area contributed by atoms with Crippen molar-refractivity contribution in [3.63, 3.8) is 0 Å². The van der Waals surface area contributed by atoms with E-state index in [1.807, 2.05) is 11.6 Å². The van der Waals surface area contributed by atoms with E-state index in [9.17, 15) is 35.5 Å². The summed E-state index contributed by atoms with van der Waals surface area (Å²) in [7, 11) is -3.12. The Morgan fingerprint density at radius 3 is 2.49 bits per heavy atom. The second-order valence-corrected chi connectivity index (χ2v) is 12.0. The molecule has 1 aliphatic heterocycles. The molecule has 222 valence electrons. The van der Waals surface area contributed by atoms with Crippen molar-refractivity contribution in [1.29, 1.82) is 5.26 Å². The van der Waals surface area contributed by atoms with Crippen LogP contribution in [0.1, 0.15) is 24.4 Å². The van der Waals surface area contributed by atoms with Gasteiger partial charge < -0.3 is 19.2 Å². The lowest BCUT2D eigenvalue weighted by molar-refractivity contribution is -0.153. The van der Waals surface area contributed by atoms with Crippen LogP contribution in [0.5, 0.6) is 5.75 Å².